The Kier molecular flexibility index (Phi) is 5.99. The molecule has 1 fully saturated rings. The number of carbonyl (C=O) groups excluding carboxylic acids is 1. The summed E-state index contributed by atoms with van der Waals surface area (Å²) in [6, 6.07) is 9.42. The Hall–Kier alpha value is -3.51. The molecule has 6 N–H and O–H groups in total. The second-order valence-electron chi connectivity index (χ2n) is 6.58. The van der Waals surface area contributed by atoms with Crippen molar-refractivity contribution in [1.82, 2.24) is 15.2 Å². The van der Waals surface area contributed by atoms with Crippen molar-refractivity contribution in [2.45, 2.75) is 4.90 Å². The van der Waals surface area contributed by atoms with Crippen molar-refractivity contribution in [2.75, 3.05) is 36.8 Å². The number of carbonyl (C=O) groups is 2. The Labute approximate surface area is 172 Å². The number of piperazine rings is 1. The van der Waals surface area contributed by atoms with Gasteiger partial charge in [0, 0.05) is 31.7 Å². The van der Waals surface area contributed by atoms with E-state index in [-0.39, 0.29) is 29.3 Å². The van der Waals surface area contributed by atoms with Crippen LogP contribution in [0.25, 0.3) is 0 Å². The highest BCUT2D eigenvalue weighted by Crippen LogP contribution is 2.27. The molecular formula is C18H21N5O6S. The van der Waals surface area contributed by atoms with Crippen LogP contribution in [0.15, 0.2) is 47.4 Å². The van der Waals surface area contributed by atoms with Gasteiger partial charge in [-0.3, -0.25) is 10.2 Å². The van der Waals surface area contributed by atoms with Crippen molar-refractivity contribution < 1.29 is 28.2 Å². The number of anilines is 2. The van der Waals surface area contributed by atoms with E-state index in [0.717, 1.165) is 0 Å². The van der Waals surface area contributed by atoms with E-state index >= 15 is 0 Å². The summed E-state index contributed by atoms with van der Waals surface area (Å²) in [7, 11) is -4.09. The molecule has 160 valence electrons. The molecule has 2 amide bonds. The summed E-state index contributed by atoms with van der Waals surface area (Å²) in [5.41, 5.74) is 9.08. The lowest BCUT2D eigenvalue weighted by molar-refractivity contribution is 0.0945. The molecule has 30 heavy (non-hydrogen) atoms. The number of hydrogen-bond donors (Lipinski definition) is 5. The van der Waals surface area contributed by atoms with Crippen LogP contribution in [0.2, 0.25) is 0 Å². The van der Waals surface area contributed by atoms with E-state index in [1.54, 1.807) is 0 Å². The average Bonchev–Trinajstić information content (AvgIpc) is 2.73. The highest BCUT2D eigenvalue weighted by atomic mass is 32.2. The first-order chi connectivity index (χ1) is 14.2. The fraction of sp³-hybridized carbons (Fsp3) is 0.222. The number of nitrogen functional groups attached to an aromatic ring is 1. The molecule has 2 aromatic rings. The lowest BCUT2D eigenvalue weighted by Gasteiger charge is -2.35. The lowest BCUT2D eigenvalue weighted by Crippen LogP contribution is -2.48. The van der Waals surface area contributed by atoms with Crippen LogP contribution in [-0.2, 0) is 10.0 Å². The van der Waals surface area contributed by atoms with Crippen LogP contribution in [0.5, 0.6) is 5.75 Å². The van der Waals surface area contributed by atoms with Gasteiger partial charge in [0.05, 0.1) is 16.3 Å². The Bertz CT molecular complexity index is 1050. The van der Waals surface area contributed by atoms with E-state index in [4.69, 9.17) is 10.8 Å². The van der Waals surface area contributed by atoms with Gasteiger partial charge >= 0.3 is 6.09 Å². The number of aromatic hydroxyl groups is 1. The molecule has 12 heteroatoms. The predicted octanol–water partition coefficient (Wildman–Crippen LogP) is 0.398. The van der Waals surface area contributed by atoms with E-state index in [1.807, 2.05) is 9.73 Å². The number of sulfonamides is 1. The third-order valence-electron chi connectivity index (χ3n) is 4.63. The van der Waals surface area contributed by atoms with Crippen LogP contribution in [0.4, 0.5) is 16.2 Å². The van der Waals surface area contributed by atoms with Gasteiger partial charge in [-0.25, -0.2) is 13.2 Å². The summed E-state index contributed by atoms with van der Waals surface area (Å²) in [6.45, 7) is 1.27. The Morgan fingerprint density at radius 1 is 1.00 bits per heavy atom. The smallest absolute Gasteiger partial charge is 0.407 e. The molecule has 0 unspecified atom stereocenters. The summed E-state index contributed by atoms with van der Waals surface area (Å²) < 4.78 is 25.2. The number of nitrogens with zero attached hydrogens (tertiary/aromatic N) is 2. The molecule has 2 aromatic carbocycles. The van der Waals surface area contributed by atoms with Gasteiger partial charge in [-0.1, -0.05) is 0 Å². The maximum absolute atomic E-state index is 12.6. The van der Waals surface area contributed by atoms with Crippen molar-refractivity contribution in [2.24, 2.45) is 0 Å². The molecule has 0 aliphatic carbocycles. The standard InChI is InChI=1S/C18H21N5O6S/c19-15-6-5-14(11-16(15)22-7-9-23(10-8-22)18(26)27)30(28,29)21-20-17(25)12-1-3-13(24)4-2-12/h1-6,11,21,24H,7-10,19H2,(H,20,25)(H,26,27). The number of benzene rings is 2. The summed E-state index contributed by atoms with van der Waals surface area (Å²) in [4.78, 5) is 28.1. The van der Waals surface area contributed by atoms with Gasteiger partial charge in [0.15, 0.2) is 0 Å². The zero-order chi connectivity index (χ0) is 21.9. The minimum Gasteiger partial charge on any atom is -0.508 e. The van der Waals surface area contributed by atoms with Crippen LogP contribution >= 0.6 is 0 Å². The summed E-state index contributed by atoms with van der Waals surface area (Å²) in [6.07, 6.45) is -1.01. The number of carboxylic acid groups (broad SMARTS) is 1. The summed E-state index contributed by atoms with van der Waals surface area (Å²) >= 11 is 0. The second-order valence-corrected chi connectivity index (χ2v) is 8.27. The van der Waals surface area contributed by atoms with E-state index in [0.29, 0.717) is 24.5 Å². The first kappa shape index (κ1) is 21.2. The van der Waals surface area contributed by atoms with Crippen LogP contribution in [0, 0.1) is 0 Å². The maximum Gasteiger partial charge on any atom is 0.407 e. The van der Waals surface area contributed by atoms with Gasteiger partial charge in [-0.05, 0) is 42.5 Å². The zero-order valence-corrected chi connectivity index (χ0v) is 16.6. The maximum atomic E-state index is 12.6. The van der Waals surface area contributed by atoms with Gasteiger partial charge in [0.25, 0.3) is 15.9 Å². The van der Waals surface area contributed by atoms with E-state index < -0.39 is 22.0 Å². The molecule has 1 saturated heterocycles. The Morgan fingerprint density at radius 2 is 1.63 bits per heavy atom. The highest BCUT2D eigenvalue weighted by Gasteiger charge is 2.24. The predicted molar refractivity (Wildman–Crippen MR) is 109 cm³/mol. The Balaban J connectivity index is 1.72. The number of hydrogen-bond acceptors (Lipinski definition) is 7. The number of nitrogens with two attached hydrogens (primary N) is 1. The third-order valence-corrected chi connectivity index (χ3v) is 5.88. The number of nitrogens with one attached hydrogen (secondary N) is 2. The molecule has 1 aliphatic heterocycles. The molecule has 3 rings (SSSR count). The number of phenolic OH excluding ortho intramolecular Hbond substituents is 1. The molecule has 0 spiro atoms. The molecule has 1 heterocycles. The SMILES string of the molecule is Nc1ccc(S(=O)(=O)NNC(=O)c2ccc(O)cc2)cc1N1CCN(C(=O)O)CC1. The quantitative estimate of drug-likeness (QED) is 0.332. The van der Waals surface area contributed by atoms with Crippen molar-refractivity contribution in [3.8, 4) is 5.75 Å². The fourth-order valence-corrected chi connectivity index (χ4v) is 3.82. The van der Waals surface area contributed by atoms with Crippen molar-refractivity contribution in [3.63, 3.8) is 0 Å². The number of hydrazine groups is 1. The number of phenols is 1. The van der Waals surface area contributed by atoms with E-state index in [2.05, 4.69) is 5.43 Å². The molecule has 0 saturated carbocycles. The zero-order valence-electron chi connectivity index (χ0n) is 15.8. The minimum absolute atomic E-state index is 0.0225. The molecule has 1 aliphatic rings. The fourth-order valence-electron chi connectivity index (χ4n) is 2.96. The van der Waals surface area contributed by atoms with Gasteiger partial charge in [-0.2, -0.15) is 0 Å². The largest absolute Gasteiger partial charge is 0.508 e. The summed E-state index contributed by atoms with van der Waals surface area (Å²) in [5, 5.41) is 18.3. The molecule has 0 atom stereocenters. The minimum atomic E-state index is -4.09. The average molecular weight is 435 g/mol. The van der Waals surface area contributed by atoms with Crippen LogP contribution in [-0.4, -0.2) is 61.7 Å². The van der Waals surface area contributed by atoms with Crippen LogP contribution in [0.3, 0.4) is 0 Å². The number of amides is 2. The number of rotatable bonds is 5. The van der Waals surface area contributed by atoms with Crippen LogP contribution < -0.4 is 20.9 Å². The first-order valence-corrected chi connectivity index (χ1v) is 10.4. The molecule has 0 radical (unpaired) electrons. The monoisotopic (exact) mass is 435 g/mol. The van der Waals surface area contributed by atoms with Crippen molar-refractivity contribution in [3.05, 3.63) is 48.0 Å². The molecule has 0 aromatic heterocycles. The topological polar surface area (TPSA) is 165 Å². The van der Waals surface area contributed by atoms with Crippen LogP contribution in [0.1, 0.15) is 10.4 Å². The third kappa shape index (κ3) is 4.72. The Morgan fingerprint density at radius 3 is 2.23 bits per heavy atom. The lowest BCUT2D eigenvalue weighted by atomic mass is 10.2. The van der Waals surface area contributed by atoms with Gasteiger partial charge in [0.2, 0.25) is 0 Å². The first-order valence-electron chi connectivity index (χ1n) is 8.91. The van der Waals surface area contributed by atoms with E-state index in [1.165, 1.54) is 47.4 Å². The van der Waals surface area contributed by atoms with Crippen molar-refractivity contribution in [1.29, 1.82) is 0 Å². The normalized spacial score (nSPS) is 14.4. The van der Waals surface area contributed by atoms with E-state index in [9.17, 15) is 23.1 Å². The second kappa shape index (κ2) is 8.47. The summed E-state index contributed by atoms with van der Waals surface area (Å²) in [5.74, 6) is -0.718. The molecule has 0 bridgehead atoms. The van der Waals surface area contributed by atoms with Gasteiger partial charge in [0.1, 0.15) is 5.75 Å². The highest BCUT2D eigenvalue weighted by molar-refractivity contribution is 7.89. The van der Waals surface area contributed by atoms with Gasteiger partial charge < -0.3 is 25.7 Å². The van der Waals surface area contributed by atoms with Gasteiger partial charge in [-0.15, -0.1) is 4.83 Å². The molecular weight excluding hydrogens is 414 g/mol. The van der Waals surface area contributed by atoms with Crippen molar-refractivity contribution >= 4 is 33.4 Å². The molecule has 11 nitrogen and oxygen atoms in total.